The monoisotopic (exact) mass is 247 g/mol. The van der Waals surface area contributed by atoms with E-state index in [1.807, 2.05) is 0 Å². The molecule has 4 heteroatoms. The Morgan fingerprint density at radius 3 is 1.80 bits per heavy atom. The summed E-state index contributed by atoms with van der Waals surface area (Å²) in [5, 5.41) is 0. The summed E-state index contributed by atoms with van der Waals surface area (Å²) in [5.41, 5.74) is 0. The molecule has 0 aliphatic rings. The van der Waals surface area contributed by atoms with Gasteiger partial charge in [-0.2, -0.15) is 0 Å². The Hall–Kier alpha value is -0.168. The van der Waals surface area contributed by atoms with Crippen molar-refractivity contribution < 1.29 is 28.8 Å². The second-order valence-electron chi connectivity index (χ2n) is 1.55. The van der Waals surface area contributed by atoms with E-state index in [4.69, 9.17) is 0 Å². The predicted octanol–water partition coefficient (Wildman–Crippen LogP) is 1.35. The number of hydrogen-bond acceptors (Lipinski definition) is 3. The molecule has 2 nitrogen and oxygen atoms in total. The van der Waals surface area contributed by atoms with Gasteiger partial charge in [0.15, 0.2) is 0 Å². The van der Waals surface area contributed by atoms with Crippen LogP contribution >= 0.6 is 0 Å². The Morgan fingerprint density at radius 1 is 1.00 bits per heavy atom. The van der Waals surface area contributed by atoms with Gasteiger partial charge < -0.3 is 8.42 Å². The fraction of sp³-hybridized carbons (Fsp3) is 0. The predicted molar refractivity (Wildman–Crippen MR) is 33.4 cm³/mol. The molecule has 0 radical (unpaired) electrons. The van der Waals surface area contributed by atoms with Crippen molar-refractivity contribution in [1.29, 1.82) is 0 Å². The summed E-state index contributed by atoms with van der Waals surface area (Å²) in [6, 6.07) is 8.23. The summed E-state index contributed by atoms with van der Waals surface area (Å²) < 4.78 is 20.4. The zero-order chi connectivity index (χ0) is 6.69. The molecule has 0 saturated carbocycles. The number of rotatable bonds is 1. The Labute approximate surface area is 74.9 Å². The van der Waals surface area contributed by atoms with Gasteiger partial charge in [0.05, 0.1) is 0 Å². The summed E-state index contributed by atoms with van der Waals surface area (Å²) in [6.45, 7) is 0. The first kappa shape index (κ1) is 9.83. The van der Waals surface area contributed by atoms with E-state index in [-0.39, 0.29) is 20.4 Å². The maximum absolute atomic E-state index is 10.2. The molecular formula is C6H5O2PdS-. The molecule has 0 aliphatic heterocycles. The first-order chi connectivity index (χ1) is 4.30. The van der Waals surface area contributed by atoms with Gasteiger partial charge in [-0.1, -0.05) is 35.2 Å². The molecule has 0 amide bonds. The van der Waals surface area contributed by atoms with E-state index in [0.29, 0.717) is 4.90 Å². The molecule has 0 unspecified atom stereocenters. The average molecular weight is 248 g/mol. The SMILES string of the molecule is O=[S-](=O)c1ccccc1.[Pd]. The van der Waals surface area contributed by atoms with Crippen LogP contribution in [0.2, 0.25) is 0 Å². The summed E-state index contributed by atoms with van der Waals surface area (Å²) in [4.78, 5) is 0.331. The molecule has 0 aliphatic carbocycles. The Morgan fingerprint density at radius 2 is 1.50 bits per heavy atom. The summed E-state index contributed by atoms with van der Waals surface area (Å²) in [7, 11) is -2.08. The van der Waals surface area contributed by atoms with Crippen molar-refractivity contribution in [2.24, 2.45) is 0 Å². The topological polar surface area (TPSA) is 34.1 Å². The van der Waals surface area contributed by atoms with Crippen LogP contribution in [0, 0.1) is 0 Å². The van der Waals surface area contributed by atoms with Crippen LogP contribution in [0.3, 0.4) is 0 Å². The zero-order valence-electron chi connectivity index (χ0n) is 4.93. The zero-order valence-corrected chi connectivity index (χ0v) is 7.30. The third-order valence-corrected chi connectivity index (χ3v) is 1.59. The summed E-state index contributed by atoms with van der Waals surface area (Å²) in [6.07, 6.45) is 0. The smallest absolute Gasteiger partial charge is 0 e. The summed E-state index contributed by atoms with van der Waals surface area (Å²) >= 11 is 0. The largest absolute Gasteiger partial charge is 0.420 e. The van der Waals surface area contributed by atoms with Crippen LogP contribution in [0.25, 0.3) is 0 Å². The Balaban J connectivity index is 0.000000810. The van der Waals surface area contributed by atoms with Gasteiger partial charge in [0.25, 0.3) is 0 Å². The number of benzene rings is 1. The molecule has 0 N–H and O–H groups in total. The molecule has 0 atom stereocenters. The molecule has 1 aromatic rings. The first-order valence-electron chi connectivity index (χ1n) is 2.45. The van der Waals surface area contributed by atoms with Crippen molar-refractivity contribution in [3.05, 3.63) is 30.3 Å². The van der Waals surface area contributed by atoms with Crippen LogP contribution in [0.1, 0.15) is 0 Å². The van der Waals surface area contributed by atoms with Crippen molar-refractivity contribution >= 4 is 10.7 Å². The van der Waals surface area contributed by atoms with E-state index in [1.54, 1.807) is 30.3 Å². The van der Waals surface area contributed by atoms with E-state index in [9.17, 15) is 8.42 Å². The van der Waals surface area contributed by atoms with E-state index in [1.165, 1.54) is 0 Å². The molecular weight excluding hydrogens is 243 g/mol. The van der Waals surface area contributed by atoms with Gasteiger partial charge in [0.1, 0.15) is 0 Å². The minimum atomic E-state index is -2.08. The van der Waals surface area contributed by atoms with Crippen molar-refractivity contribution in [1.82, 2.24) is 0 Å². The van der Waals surface area contributed by atoms with E-state index >= 15 is 0 Å². The van der Waals surface area contributed by atoms with Crippen molar-refractivity contribution in [3.63, 3.8) is 0 Å². The first-order valence-corrected chi connectivity index (χ1v) is 3.52. The van der Waals surface area contributed by atoms with E-state index in [0.717, 1.165) is 0 Å². The van der Waals surface area contributed by atoms with Crippen molar-refractivity contribution in [2.45, 2.75) is 4.90 Å². The third-order valence-electron chi connectivity index (χ3n) is 0.936. The van der Waals surface area contributed by atoms with Crippen LogP contribution in [-0.4, -0.2) is 0 Å². The van der Waals surface area contributed by atoms with Gasteiger partial charge >= 0.3 is 0 Å². The minimum Gasteiger partial charge on any atom is -0.420 e. The van der Waals surface area contributed by atoms with Crippen LogP contribution in [0.4, 0.5) is 0 Å². The molecule has 10 heavy (non-hydrogen) atoms. The Bertz CT molecular complexity index is 248. The van der Waals surface area contributed by atoms with Crippen LogP contribution < -0.4 is 0 Å². The number of hydrogen-bond donors (Lipinski definition) is 0. The molecule has 1 rings (SSSR count). The van der Waals surface area contributed by atoms with Crippen LogP contribution in [0.5, 0.6) is 0 Å². The minimum absolute atomic E-state index is 0. The molecule has 58 valence electrons. The average Bonchev–Trinajstić information content (AvgIpc) is 1.90. The van der Waals surface area contributed by atoms with E-state index < -0.39 is 10.7 Å². The quantitative estimate of drug-likeness (QED) is 0.555. The fourth-order valence-corrected chi connectivity index (χ4v) is 0.911. The van der Waals surface area contributed by atoms with Crippen LogP contribution in [0.15, 0.2) is 35.2 Å². The second-order valence-corrected chi connectivity index (χ2v) is 2.49. The maximum atomic E-state index is 10.2. The molecule has 0 aromatic heterocycles. The fourth-order valence-electron chi connectivity index (χ4n) is 0.532. The van der Waals surface area contributed by atoms with E-state index in [2.05, 4.69) is 0 Å². The van der Waals surface area contributed by atoms with Gasteiger partial charge in [-0.3, -0.25) is 0 Å². The molecule has 0 saturated heterocycles. The molecule has 1 aromatic carbocycles. The van der Waals surface area contributed by atoms with Crippen molar-refractivity contribution in [3.8, 4) is 0 Å². The third kappa shape index (κ3) is 2.61. The Kier molecular flexibility index (Phi) is 4.54. The van der Waals surface area contributed by atoms with Crippen molar-refractivity contribution in [2.75, 3.05) is 0 Å². The standard InChI is InChI=1S/C6H5O2S.Pd/c7-9(8)6-4-2-1-3-5-6;/h1-5H;/q-1;. The second kappa shape index (κ2) is 4.62. The van der Waals surface area contributed by atoms with Crippen LogP contribution in [-0.2, 0) is 39.5 Å². The molecule has 0 bridgehead atoms. The molecule has 0 spiro atoms. The van der Waals surface area contributed by atoms with Gasteiger partial charge in [-0.05, 0) is 10.7 Å². The van der Waals surface area contributed by atoms with Gasteiger partial charge in [-0.15, -0.1) is 0 Å². The van der Waals surface area contributed by atoms with Gasteiger partial charge in [0.2, 0.25) is 0 Å². The molecule has 0 heterocycles. The van der Waals surface area contributed by atoms with Gasteiger partial charge in [-0.25, -0.2) is 0 Å². The maximum Gasteiger partial charge on any atom is 0 e. The summed E-state index contributed by atoms with van der Waals surface area (Å²) in [5.74, 6) is 0. The normalized spacial score (nSPS) is 8.90. The van der Waals surface area contributed by atoms with Gasteiger partial charge in [0, 0.05) is 20.4 Å². The molecule has 0 fully saturated rings.